The zero-order chi connectivity index (χ0) is 28.4. The molecule has 3 rings (SSSR count). The van der Waals surface area contributed by atoms with Crippen molar-refractivity contribution in [2.24, 2.45) is 10.2 Å². The van der Waals surface area contributed by atoms with Crippen LogP contribution >= 0.6 is 0 Å². The molecule has 0 amide bonds. The number of aryl methyl sites for hydroxylation is 1. The molecule has 40 heavy (non-hydrogen) atoms. The molecule has 1 aromatic heterocycles. The number of nitrogens with one attached hydrogen (secondary N) is 1. The first-order valence-corrected chi connectivity index (χ1v) is 15.2. The number of benzene rings is 2. The third-order valence-electron chi connectivity index (χ3n) is 7.15. The zero-order valence-corrected chi connectivity index (χ0v) is 24.4. The Morgan fingerprint density at radius 3 is 1.88 bits per heavy atom. The van der Waals surface area contributed by atoms with Gasteiger partial charge in [-0.25, -0.2) is 9.48 Å². The maximum Gasteiger partial charge on any atom is 0.338 e. The minimum Gasteiger partial charge on any atom is -0.462 e. The van der Waals surface area contributed by atoms with Gasteiger partial charge in [0.05, 0.1) is 29.2 Å². The minimum absolute atomic E-state index is 0.250. The van der Waals surface area contributed by atoms with Crippen LogP contribution in [0.3, 0.4) is 0 Å². The highest BCUT2D eigenvalue weighted by molar-refractivity contribution is 5.89. The van der Waals surface area contributed by atoms with E-state index in [1.807, 2.05) is 30.3 Å². The van der Waals surface area contributed by atoms with E-state index in [1.165, 1.54) is 81.7 Å². The van der Waals surface area contributed by atoms with Crippen LogP contribution in [0.15, 0.2) is 69.6 Å². The number of hydrogen-bond acceptors (Lipinski definition) is 5. The maximum atomic E-state index is 12.8. The van der Waals surface area contributed by atoms with Gasteiger partial charge in [0.15, 0.2) is 5.69 Å². The third kappa shape index (κ3) is 10.6. The molecule has 0 saturated heterocycles. The van der Waals surface area contributed by atoms with Gasteiger partial charge in [0.1, 0.15) is 0 Å². The molecule has 2 aromatic carbocycles. The number of unbranched alkanes of at least 4 members (excludes halogenated alkanes) is 13. The highest BCUT2D eigenvalue weighted by Gasteiger charge is 2.12. The molecule has 0 aliphatic rings. The molecule has 7 nitrogen and oxygen atoms in total. The Kier molecular flexibility index (Phi) is 14.0. The van der Waals surface area contributed by atoms with Crippen LogP contribution in [0.1, 0.15) is 113 Å². The number of carbonyl (C=O) groups is 1. The quantitative estimate of drug-likeness (QED) is 0.0922. The summed E-state index contributed by atoms with van der Waals surface area (Å²) in [4.78, 5) is 25.1. The number of para-hydroxylation sites is 1. The van der Waals surface area contributed by atoms with E-state index < -0.39 is 0 Å². The normalized spacial score (nSPS) is 11.3. The standard InChI is InChI=1S/C33H46N4O3/c1-3-4-5-6-7-8-9-10-11-12-13-14-15-19-26-40-33(39)28-22-24-29(25-23-28)34-35-31-27(2)36-37(32(31)38)30-20-17-16-18-21-30/h16-18,20-25,36H,3-15,19,26H2,1-2H3. The van der Waals surface area contributed by atoms with Crippen molar-refractivity contribution >= 4 is 17.3 Å². The Morgan fingerprint density at radius 1 is 0.750 bits per heavy atom. The van der Waals surface area contributed by atoms with Crippen LogP contribution in [0.4, 0.5) is 11.4 Å². The van der Waals surface area contributed by atoms with Gasteiger partial charge in [0.2, 0.25) is 0 Å². The molecule has 0 aliphatic carbocycles. The molecule has 7 heteroatoms. The number of ether oxygens (including phenoxy) is 1. The molecule has 3 aromatic rings. The summed E-state index contributed by atoms with van der Waals surface area (Å²) in [5, 5.41) is 11.4. The van der Waals surface area contributed by atoms with E-state index in [1.54, 1.807) is 31.2 Å². The van der Waals surface area contributed by atoms with Crippen molar-refractivity contribution in [3.05, 3.63) is 76.2 Å². The predicted molar refractivity (Wildman–Crippen MR) is 162 cm³/mol. The second-order valence-electron chi connectivity index (χ2n) is 10.5. The number of hydrogen-bond donors (Lipinski definition) is 1. The van der Waals surface area contributed by atoms with Crippen LogP contribution in [0, 0.1) is 6.92 Å². The van der Waals surface area contributed by atoms with Crippen LogP contribution in [0.2, 0.25) is 0 Å². The molecular formula is C33H46N4O3. The zero-order valence-electron chi connectivity index (χ0n) is 24.4. The second kappa shape index (κ2) is 18.0. The second-order valence-corrected chi connectivity index (χ2v) is 10.5. The number of nitrogens with zero attached hydrogens (tertiary/aromatic N) is 3. The molecule has 0 unspecified atom stereocenters. The highest BCUT2D eigenvalue weighted by Crippen LogP contribution is 2.20. The fraction of sp³-hybridized carbons (Fsp3) is 0.515. The predicted octanol–water partition coefficient (Wildman–Crippen LogP) is 9.53. The summed E-state index contributed by atoms with van der Waals surface area (Å²) in [7, 11) is 0. The Balaban J connectivity index is 1.29. The molecule has 1 N–H and O–H groups in total. The van der Waals surface area contributed by atoms with E-state index in [0.717, 1.165) is 18.5 Å². The SMILES string of the molecule is CCCCCCCCCCCCCCCCOC(=O)c1ccc(N=Nc2c(C)[nH]n(-c3ccccc3)c2=O)cc1. The molecule has 0 saturated carbocycles. The molecular weight excluding hydrogens is 500 g/mol. The first-order valence-electron chi connectivity index (χ1n) is 15.2. The number of aromatic amines is 1. The van der Waals surface area contributed by atoms with Gasteiger partial charge in [0.25, 0.3) is 5.56 Å². The van der Waals surface area contributed by atoms with Gasteiger partial charge >= 0.3 is 5.97 Å². The van der Waals surface area contributed by atoms with Gasteiger partial charge < -0.3 is 4.74 Å². The topological polar surface area (TPSA) is 88.8 Å². The number of rotatable bonds is 19. The number of H-pyrrole nitrogens is 1. The van der Waals surface area contributed by atoms with Crippen LogP contribution < -0.4 is 5.56 Å². The summed E-state index contributed by atoms with van der Waals surface area (Å²) in [5.41, 5.74) is 2.37. The van der Waals surface area contributed by atoms with Gasteiger partial charge in [-0.3, -0.25) is 9.89 Å². The Bertz CT molecular complexity index is 1210. The smallest absolute Gasteiger partial charge is 0.338 e. The van der Waals surface area contributed by atoms with Crippen molar-refractivity contribution in [3.8, 4) is 5.69 Å². The number of aromatic nitrogens is 2. The molecule has 216 valence electrons. The summed E-state index contributed by atoms with van der Waals surface area (Å²) in [6.45, 7) is 4.49. The molecule has 0 aliphatic heterocycles. The lowest BCUT2D eigenvalue weighted by Crippen LogP contribution is -2.13. The van der Waals surface area contributed by atoms with Crippen molar-refractivity contribution in [3.63, 3.8) is 0 Å². The molecule has 0 radical (unpaired) electrons. The first-order chi connectivity index (χ1) is 19.6. The monoisotopic (exact) mass is 546 g/mol. The third-order valence-corrected chi connectivity index (χ3v) is 7.15. The maximum absolute atomic E-state index is 12.8. The van der Waals surface area contributed by atoms with E-state index >= 15 is 0 Å². The van der Waals surface area contributed by atoms with Crippen molar-refractivity contribution < 1.29 is 9.53 Å². The lowest BCUT2D eigenvalue weighted by atomic mass is 10.0. The van der Waals surface area contributed by atoms with E-state index in [4.69, 9.17) is 4.74 Å². The highest BCUT2D eigenvalue weighted by atomic mass is 16.5. The molecule has 1 heterocycles. The van der Waals surface area contributed by atoms with Gasteiger partial charge in [0, 0.05) is 0 Å². The van der Waals surface area contributed by atoms with Gasteiger partial charge in [-0.2, -0.15) is 5.11 Å². The van der Waals surface area contributed by atoms with E-state index in [0.29, 0.717) is 23.6 Å². The lowest BCUT2D eigenvalue weighted by molar-refractivity contribution is 0.0497. The van der Waals surface area contributed by atoms with Gasteiger partial charge in [-0.15, -0.1) is 5.11 Å². The summed E-state index contributed by atoms with van der Waals surface area (Å²) >= 11 is 0. The van der Waals surface area contributed by atoms with Gasteiger partial charge in [-0.1, -0.05) is 109 Å². The van der Waals surface area contributed by atoms with E-state index in [-0.39, 0.29) is 17.2 Å². The Labute approximate surface area is 239 Å². The Hall–Kier alpha value is -3.48. The number of azo groups is 1. The number of carbonyl (C=O) groups excluding carboxylic acids is 1. The fourth-order valence-electron chi connectivity index (χ4n) is 4.73. The van der Waals surface area contributed by atoms with E-state index in [2.05, 4.69) is 22.3 Å². The molecule has 0 fully saturated rings. The summed E-state index contributed by atoms with van der Waals surface area (Å²) in [5.74, 6) is -0.328. The minimum atomic E-state index is -0.328. The molecule has 0 atom stereocenters. The molecule has 0 spiro atoms. The summed E-state index contributed by atoms with van der Waals surface area (Å²) in [6.07, 6.45) is 18.2. The number of esters is 1. The van der Waals surface area contributed by atoms with Crippen LogP contribution in [0.5, 0.6) is 0 Å². The van der Waals surface area contributed by atoms with Crippen molar-refractivity contribution in [2.75, 3.05) is 6.61 Å². The van der Waals surface area contributed by atoms with E-state index in [9.17, 15) is 9.59 Å². The summed E-state index contributed by atoms with van der Waals surface area (Å²) < 4.78 is 6.88. The molecule has 0 bridgehead atoms. The van der Waals surface area contributed by atoms with Crippen molar-refractivity contribution in [1.29, 1.82) is 0 Å². The van der Waals surface area contributed by atoms with Crippen molar-refractivity contribution in [1.82, 2.24) is 9.78 Å². The fourth-order valence-corrected chi connectivity index (χ4v) is 4.73. The largest absolute Gasteiger partial charge is 0.462 e. The average Bonchev–Trinajstić information content (AvgIpc) is 3.27. The average molecular weight is 547 g/mol. The lowest BCUT2D eigenvalue weighted by Gasteiger charge is -2.05. The van der Waals surface area contributed by atoms with Crippen LogP contribution in [0.25, 0.3) is 5.69 Å². The van der Waals surface area contributed by atoms with Crippen molar-refractivity contribution in [2.45, 2.75) is 104 Å². The first kappa shape index (κ1) is 31.1. The van der Waals surface area contributed by atoms with Crippen LogP contribution in [-0.2, 0) is 4.74 Å². The van der Waals surface area contributed by atoms with Crippen LogP contribution in [-0.4, -0.2) is 22.4 Å². The summed E-state index contributed by atoms with van der Waals surface area (Å²) in [6, 6.07) is 16.1. The van der Waals surface area contributed by atoms with Gasteiger partial charge in [-0.05, 0) is 49.7 Å². The Morgan fingerprint density at radius 2 is 1.30 bits per heavy atom.